The van der Waals surface area contributed by atoms with Crippen LogP contribution in [0.25, 0.3) is 27.0 Å². The van der Waals surface area contributed by atoms with Crippen molar-refractivity contribution in [3.63, 3.8) is 0 Å². The summed E-state index contributed by atoms with van der Waals surface area (Å²) in [6, 6.07) is 6.20. The summed E-state index contributed by atoms with van der Waals surface area (Å²) >= 11 is 0. The summed E-state index contributed by atoms with van der Waals surface area (Å²) in [5.41, 5.74) is 26.5. The maximum absolute atomic E-state index is 15.8. The second kappa shape index (κ2) is 23.1. The van der Waals surface area contributed by atoms with E-state index in [1.807, 2.05) is 6.92 Å². The molecular weight excluding hydrogens is 1020 g/mol. The highest BCUT2D eigenvalue weighted by Crippen LogP contribution is 2.66. The Bertz CT molecular complexity index is 3120. The number of nitrogens with two attached hydrogens (primary N) is 1. The fourth-order valence-corrected chi connectivity index (χ4v) is 10.9. The Morgan fingerprint density at radius 1 is 1.10 bits per heavy atom. The largest absolute Gasteiger partial charge is 0.737 e. The summed E-state index contributed by atoms with van der Waals surface area (Å²) in [6.07, 6.45) is 4.20. The van der Waals surface area contributed by atoms with Gasteiger partial charge >= 0.3 is 42.1 Å². The van der Waals surface area contributed by atoms with Crippen LogP contribution in [0.3, 0.4) is 0 Å². The molecule has 384 valence electrons. The molecule has 0 aliphatic carbocycles. The van der Waals surface area contributed by atoms with Crippen molar-refractivity contribution in [2.24, 2.45) is 10.2 Å². The molecule has 5 heterocycles. The highest BCUT2D eigenvalue weighted by Gasteiger charge is 2.52. The predicted octanol–water partition coefficient (Wildman–Crippen LogP) is 6.34. The molecule has 1 aromatic carbocycles. The van der Waals surface area contributed by atoms with Crippen LogP contribution in [0.4, 0.5) is 14.4 Å². The lowest BCUT2D eigenvalue weighted by Gasteiger charge is -2.30. The first-order chi connectivity index (χ1) is 33.9. The lowest BCUT2D eigenvalue weighted by molar-refractivity contribution is -0.362. The van der Waals surface area contributed by atoms with Crippen molar-refractivity contribution in [3.05, 3.63) is 125 Å². The number of nitrogen functional groups attached to an aromatic ring is 1. The van der Waals surface area contributed by atoms with Crippen LogP contribution in [0.15, 0.2) is 75.5 Å². The van der Waals surface area contributed by atoms with Crippen LogP contribution in [0.2, 0.25) is 0 Å². The molecule has 3 aromatic rings. The van der Waals surface area contributed by atoms with Crippen LogP contribution < -0.4 is 16.2 Å². The second-order valence-electron chi connectivity index (χ2n) is 15.9. The number of aryl methyl sites for hydroxylation is 2. The minimum absolute atomic E-state index is 0.0354. The van der Waals surface area contributed by atoms with Gasteiger partial charge in [0.05, 0.1) is 37.0 Å². The Balaban J connectivity index is 1.02. The van der Waals surface area contributed by atoms with Gasteiger partial charge in [0.2, 0.25) is 0 Å². The zero-order valence-electron chi connectivity index (χ0n) is 38.0. The zero-order valence-corrected chi connectivity index (χ0v) is 40.7. The molecule has 27 nitrogen and oxygen atoms in total. The van der Waals surface area contributed by atoms with Gasteiger partial charge in [-0.2, -0.15) is 13.6 Å². The number of azide groups is 2. The molecule has 2 unspecified atom stereocenters. The third kappa shape index (κ3) is 14.0. The van der Waals surface area contributed by atoms with Crippen molar-refractivity contribution in [3.8, 4) is 17.6 Å². The first-order valence-electron chi connectivity index (χ1n) is 21.2. The maximum Gasteiger partial charge on any atom is 0.737 e. The number of aromatic nitrogens is 3. The average molecular weight is 1070 g/mol. The van der Waals surface area contributed by atoms with Gasteiger partial charge in [-0.05, 0) is 85.3 Å². The van der Waals surface area contributed by atoms with E-state index in [0.29, 0.717) is 54.2 Å². The number of hydrogen-bond donors (Lipinski definition) is 5. The zero-order chi connectivity index (χ0) is 52.6. The maximum atomic E-state index is 15.8. The number of allylic oxidation sites excluding steroid dienone is 3. The molecule has 1 fully saturated rings. The summed E-state index contributed by atoms with van der Waals surface area (Å²) in [4.78, 5) is 72.0. The van der Waals surface area contributed by atoms with Gasteiger partial charge in [-0.15, -0.1) is 0 Å². The number of esters is 1. The monoisotopic (exact) mass is 1070 g/mol. The molecule has 3 aliphatic heterocycles. The Morgan fingerprint density at radius 2 is 1.85 bits per heavy atom. The van der Waals surface area contributed by atoms with E-state index >= 15 is 8.63 Å². The van der Waals surface area contributed by atoms with E-state index in [1.54, 1.807) is 31.2 Å². The lowest BCUT2D eigenvalue weighted by atomic mass is 9.90. The molecule has 0 spiro atoms. The van der Waals surface area contributed by atoms with Crippen molar-refractivity contribution in [2.75, 3.05) is 32.3 Å². The second-order valence-corrected chi connectivity index (χ2v) is 20.3. The van der Waals surface area contributed by atoms with Crippen LogP contribution in [0.5, 0.6) is 5.75 Å². The number of ether oxygens (including phenoxy) is 4. The van der Waals surface area contributed by atoms with Crippen LogP contribution in [-0.2, 0) is 47.6 Å². The number of carbonyl (C=O) groups excluding carboxylic acids is 1. The number of halogens is 2. The third-order valence-electron chi connectivity index (χ3n) is 10.9. The third-order valence-corrected chi connectivity index (χ3v) is 14.7. The molecule has 72 heavy (non-hydrogen) atoms. The Hall–Kier alpha value is -6.23. The average Bonchev–Trinajstić information content (AvgIpc) is 3.98. The van der Waals surface area contributed by atoms with Gasteiger partial charge in [-0.3, -0.25) is 9.09 Å². The number of phosphoric ester groups is 1. The normalized spacial score (nSPS) is 19.3. The van der Waals surface area contributed by atoms with Gasteiger partial charge in [0.1, 0.15) is 36.3 Å². The number of carbonyl (C=O) groups is 1. The van der Waals surface area contributed by atoms with Crippen molar-refractivity contribution in [1.82, 2.24) is 14.0 Å². The smallest absolute Gasteiger partial charge is 0.494 e. The van der Waals surface area contributed by atoms with Crippen molar-refractivity contribution in [1.29, 1.82) is 0 Å². The van der Waals surface area contributed by atoms with Crippen LogP contribution in [-0.4, -0.2) is 95.5 Å². The van der Waals surface area contributed by atoms with E-state index in [0.717, 1.165) is 30.9 Å². The Kier molecular flexibility index (Phi) is 17.7. The number of fused-ring (bicyclic) bond motifs is 2. The van der Waals surface area contributed by atoms with Crippen molar-refractivity contribution >= 4 is 54.0 Å². The fraction of sp³-hybridized carbons (Fsp3) is 0.385. The van der Waals surface area contributed by atoms with Crippen molar-refractivity contribution < 1.29 is 83.3 Å². The molecule has 2 aromatic heterocycles. The molecule has 0 bridgehead atoms. The standard InChI is InChI=1S/C39H45BF2N11O16P3/c1-24(8-9-29-10-11-30-18-33-25(2)16-26(3)52(33)40(41,42)53(29)30)6-4-14-63-31-12-13-32(28(17-31)20-46-49-44)38(54)64-15-5-7-27-21-51(39(55)48-37(27)43)36-19-34(65-23-47-50-45)35(67-36)22-66-71(59,60)69-72(61,62)68-70(56,57)58/h10-13,16-18,21,34-36H,1,4,6,8-9,14-15,19-20,22-23H2,2-3H3,(H,59,60)(H,61,62)(H2,43,48,55)(H2,56,57,58)/t34-,35-,36-/m1/s1. The number of nitrogens with zero attached hydrogens (tertiary/aromatic N) is 10. The molecule has 0 amide bonds. The molecule has 5 atom stereocenters. The quantitative estimate of drug-likeness (QED) is 0.00795. The first kappa shape index (κ1) is 55.1. The predicted molar refractivity (Wildman–Crippen MR) is 249 cm³/mol. The first-order valence-corrected chi connectivity index (χ1v) is 25.7. The van der Waals surface area contributed by atoms with E-state index < -0.39 is 80.5 Å². The summed E-state index contributed by atoms with van der Waals surface area (Å²) < 4.78 is 104. The Morgan fingerprint density at radius 3 is 2.57 bits per heavy atom. The summed E-state index contributed by atoms with van der Waals surface area (Å²) in [7, 11) is -17.1. The van der Waals surface area contributed by atoms with Crippen LogP contribution in [0, 0.1) is 25.7 Å². The highest BCUT2D eigenvalue weighted by molar-refractivity contribution is 7.66. The molecular formula is C39H45BF2N11O16P3. The van der Waals surface area contributed by atoms with E-state index in [1.165, 1.54) is 18.2 Å². The van der Waals surface area contributed by atoms with Gasteiger partial charge in [0.25, 0.3) is 0 Å². The summed E-state index contributed by atoms with van der Waals surface area (Å²) in [5, 5.41) is 6.78. The minimum Gasteiger partial charge on any atom is -0.494 e. The SMILES string of the molecule is C=C(CCCOc1ccc(C(=O)OCC#Cc2cn([C@H]3C[C@@H](OCN=[N+]=[N-])[C@@H](COP(=O)(O)OP(=O)(O)OP(=O)(O)O)O3)c(=O)nc2N)c(CN=[N+]=[N-])c1)CCC1=[N+]2C(=Cc3c(C)cc(C)n3[B-]2(F)F)C=C1. The summed E-state index contributed by atoms with van der Waals surface area (Å²) in [5.74, 6) is 4.37. The number of anilines is 1. The fourth-order valence-electron chi connectivity index (χ4n) is 7.85. The number of rotatable bonds is 23. The molecule has 1 saturated heterocycles. The minimum atomic E-state index is -5.85. The summed E-state index contributed by atoms with van der Waals surface area (Å²) in [6.45, 7) is 1.47. The molecule has 3 aliphatic rings. The molecule has 33 heteroatoms. The van der Waals surface area contributed by atoms with Gasteiger partial charge in [-0.25, -0.2) is 23.3 Å². The highest BCUT2D eigenvalue weighted by atomic mass is 31.3. The lowest BCUT2D eigenvalue weighted by Crippen LogP contribution is -2.50. The van der Waals surface area contributed by atoms with E-state index in [2.05, 4.69) is 56.6 Å². The molecule has 0 radical (unpaired) electrons. The van der Waals surface area contributed by atoms with E-state index in [-0.39, 0.29) is 42.1 Å². The van der Waals surface area contributed by atoms with E-state index in [9.17, 15) is 33.1 Å². The van der Waals surface area contributed by atoms with Gasteiger partial charge in [0.15, 0.2) is 12.3 Å². The molecule has 6 rings (SSSR count). The van der Waals surface area contributed by atoms with Gasteiger partial charge < -0.3 is 61.9 Å². The molecule has 0 saturated carbocycles. The van der Waals surface area contributed by atoms with Crippen molar-refractivity contribution in [2.45, 2.75) is 70.9 Å². The number of benzene rings is 1. The number of phosphoric acid groups is 3. The topological polar surface area (TPSA) is 380 Å². The van der Waals surface area contributed by atoms with E-state index in [4.69, 9.17) is 45.5 Å². The van der Waals surface area contributed by atoms with Gasteiger partial charge in [-0.1, -0.05) is 34.2 Å². The van der Waals surface area contributed by atoms with Gasteiger partial charge in [0, 0.05) is 52.8 Å². The van der Waals surface area contributed by atoms with Crippen LogP contribution >= 0.6 is 23.5 Å². The Labute approximate surface area is 406 Å². The van der Waals surface area contributed by atoms with Crippen LogP contribution in [0.1, 0.15) is 76.8 Å². The molecule has 6 N–H and O–H groups in total. The number of hydrogen-bond acceptors (Lipinski definition) is 16.